The number of carbonyl (C=O) groups excluding carboxylic acids is 1. The zero-order chi connectivity index (χ0) is 15.9. The van der Waals surface area contributed by atoms with Crippen LogP contribution >= 0.6 is 0 Å². The molecule has 1 heterocycles. The number of nitro groups is 1. The Labute approximate surface area is 121 Å². The van der Waals surface area contributed by atoms with Crippen molar-refractivity contribution in [2.24, 2.45) is 5.14 Å². The number of primary sulfonamides is 1. The maximum Gasteiger partial charge on any atom is 0.274 e. The van der Waals surface area contributed by atoms with E-state index in [0.717, 1.165) is 0 Å². The lowest BCUT2D eigenvalue weighted by Gasteiger charge is -2.19. The van der Waals surface area contributed by atoms with Crippen LogP contribution in [0.15, 0.2) is 12.1 Å². The van der Waals surface area contributed by atoms with Crippen molar-refractivity contribution >= 4 is 27.3 Å². The first-order valence-corrected chi connectivity index (χ1v) is 7.80. The van der Waals surface area contributed by atoms with Crippen LogP contribution in [-0.2, 0) is 14.8 Å². The van der Waals surface area contributed by atoms with E-state index in [9.17, 15) is 23.3 Å². The molecule has 0 saturated carbocycles. The van der Waals surface area contributed by atoms with Crippen LogP contribution in [0.25, 0.3) is 0 Å². The molecule has 0 spiro atoms. The van der Waals surface area contributed by atoms with Crippen LogP contribution in [0.2, 0.25) is 0 Å². The van der Waals surface area contributed by atoms with E-state index in [1.165, 1.54) is 11.0 Å². The fourth-order valence-corrected chi connectivity index (χ4v) is 3.18. The monoisotopic (exact) mass is 313 g/mol. The van der Waals surface area contributed by atoms with Gasteiger partial charge in [-0.25, -0.2) is 13.6 Å². The summed E-state index contributed by atoms with van der Waals surface area (Å²) in [6, 6.07) is 2.90. The molecule has 1 amide bonds. The number of aryl methyl sites for hydroxylation is 2. The van der Waals surface area contributed by atoms with Gasteiger partial charge in [0.1, 0.15) is 5.25 Å². The number of nitrogens with two attached hydrogens (primary N) is 1. The normalized spacial score (nSPS) is 19.1. The third kappa shape index (κ3) is 2.88. The molecule has 0 bridgehead atoms. The lowest BCUT2D eigenvalue weighted by Crippen LogP contribution is -2.32. The van der Waals surface area contributed by atoms with Crippen LogP contribution in [0.1, 0.15) is 17.5 Å². The number of hydrogen-bond acceptors (Lipinski definition) is 5. The fourth-order valence-electron chi connectivity index (χ4n) is 2.45. The van der Waals surface area contributed by atoms with Crippen LogP contribution in [0.3, 0.4) is 0 Å². The quantitative estimate of drug-likeness (QED) is 0.646. The van der Waals surface area contributed by atoms with Crippen molar-refractivity contribution in [3.63, 3.8) is 0 Å². The van der Waals surface area contributed by atoms with Gasteiger partial charge < -0.3 is 4.90 Å². The second-order valence-corrected chi connectivity index (χ2v) is 6.95. The van der Waals surface area contributed by atoms with Crippen molar-refractivity contribution in [2.45, 2.75) is 25.5 Å². The highest BCUT2D eigenvalue weighted by atomic mass is 32.2. The second-order valence-electron chi connectivity index (χ2n) is 5.10. The van der Waals surface area contributed by atoms with Gasteiger partial charge in [0.2, 0.25) is 15.9 Å². The predicted octanol–water partition coefficient (Wildman–Crippen LogP) is 0.605. The van der Waals surface area contributed by atoms with Crippen molar-refractivity contribution in [1.82, 2.24) is 0 Å². The highest BCUT2D eigenvalue weighted by Crippen LogP contribution is 2.32. The molecule has 0 radical (unpaired) electrons. The van der Waals surface area contributed by atoms with Gasteiger partial charge in [-0.2, -0.15) is 0 Å². The first kappa shape index (κ1) is 15.4. The highest BCUT2D eigenvalue weighted by molar-refractivity contribution is 7.89. The minimum absolute atomic E-state index is 0.0846. The van der Waals surface area contributed by atoms with Crippen LogP contribution in [0.4, 0.5) is 11.4 Å². The van der Waals surface area contributed by atoms with E-state index in [0.29, 0.717) is 16.8 Å². The molecule has 2 rings (SSSR count). The molecule has 1 atom stereocenters. The Kier molecular flexibility index (Phi) is 3.72. The second kappa shape index (κ2) is 5.08. The maximum atomic E-state index is 12.0. The number of anilines is 1. The van der Waals surface area contributed by atoms with Crippen molar-refractivity contribution in [3.05, 3.63) is 33.4 Å². The zero-order valence-corrected chi connectivity index (χ0v) is 12.4. The summed E-state index contributed by atoms with van der Waals surface area (Å²) < 4.78 is 22.7. The summed E-state index contributed by atoms with van der Waals surface area (Å²) in [6.07, 6.45) is -0.208. The van der Waals surface area contributed by atoms with Gasteiger partial charge in [-0.15, -0.1) is 0 Å². The number of amides is 1. The molecular weight excluding hydrogens is 298 g/mol. The molecule has 1 unspecified atom stereocenters. The van der Waals surface area contributed by atoms with Crippen molar-refractivity contribution < 1.29 is 18.1 Å². The van der Waals surface area contributed by atoms with E-state index in [1.54, 1.807) is 19.9 Å². The van der Waals surface area contributed by atoms with Crippen molar-refractivity contribution in [2.75, 3.05) is 11.4 Å². The van der Waals surface area contributed by atoms with Crippen LogP contribution in [0.5, 0.6) is 0 Å². The Hall–Kier alpha value is -2.00. The van der Waals surface area contributed by atoms with Gasteiger partial charge in [-0.3, -0.25) is 14.9 Å². The standard InChI is InChI=1S/C12H15N3O5S/c1-7-3-8(2)11(15(17)18)5-10(7)14-6-9(4-12(14)16)21(13,19)20/h3,5,9H,4,6H2,1-2H3,(H2,13,19,20). The van der Waals surface area contributed by atoms with Gasteiger partial charge in [0.15, 0.2) is 0 Å². The third-order valence-electron chi connectivity index (χ3n) is 3.56. The summed E-state index contributed by atoms with van der Waals surface area (Å²) in [5, 5.41) is 15.1. The summed E-state index contributed by atoms with van der Waals surface area (Å²) in [5.74, 6) is -0.407. The molecule has 1 fully saturated rings. The van der Waals surface area contributed by atoms with Gasteiger partial charge in [-0.05, 0) is 25.5 Å². The lowest BCUT2D eigenvalue weighted by atomic mass is 10.1. The van der Waals surface area contributed by atoms with E-state index in [4.69, 9.17) is 5.14 Å². The first-order chi connectivity index (χ1) is 9.61. The molecular formula is C12H15N3O5S. The van der Waals surface area contributed by atoms with Gasteiger partial charge in [0.25, 0.3) is 5.69 Å². The number of rotatable bonds is 3. The topological polar surface area (TPSA) is 124 Å². The summed E-state index contributed by atoms with van der Waals surface area (Å²) in [4.78, 5) is 23.7. The molecule has 2 N–H and O–H groups in total. The summed E-state index contributed by atoms with van der Waals surface area (Å²) >= 11 is 0. The average Bonchev–Trinajstić information content (AvgIpc) is 2.70. The molecule has 9 heteroatoms. The lowest BCUT2D eigenvalue weighted by molar-refractivity contribution is -0.385. The Bertz CT molecular complexity index is 729. The molecule has 21 heavy (non-hydrogen) atoms. The fraction of sp³-hybridized carbons (Fsp3) is 0.417. The van der Waals surface area contributed by atoms with Gasteiger partial charge in [-0.1, -0.05) is 0 Å². The van der Waals surface area contributed by atoms with Crippen LogP contribution in [0, 0.1) is 24.0 Å². The van der Waals surface area contributed by atoms with Gasteiger partial charge >= 0.3 is 0 Å². The van der Waals surface area contributed by atoms with Crippen LogP contribution < -0.4 is 10.0 Å². The van der Waals surface area contributed by atoms with Crippen molar-refractivity contribution in [3.8, 4) is 0 Å². The van der Waals surface area contributed by atoms with E-state index in [-0.39, 0.29) is 18.7 Å². The van der Waals surface area contributed by atoms with E-state index in [1.807, 2.05) is 0 Å². The average molecular weight is 313 g/mol. The molecule has 114 valence electrons. The number of benzene rings is 1. The molecule has 1 aliphatic rings. The smallest absolute Gasteiger partial charge is 0.274 e. The summed E-state index contributed by atoms with van der Waals surface area (Å²) in [7, 11) is -3.82. The number of carbonyl (C=O) groups is 1. The summed E-state index contributed by atoms with van der Waals surface area (Å²) in [5.41, 5.74) is 1.39. The largest absolute Gasteiger partial charge is 0.310 e. The van der Waals surface area contributed by atoms with E-state index in [2.05, 4.69) is 0 Å². The highest BCUT2D eigenvalue weighted by Gasteiger charge is 2.38. The first-order valence-electron chi connectivity index (χ1n) is 6.19. The number of sulfonamides is 1. The molecule has 1 saturated heterocycles. The Balaban J connectivity index is 2.45. The van der Waals surface area contributed by atoms with Gasteiger partial charge in [0.05, 0.1) is 10.6 Å². The van der Waals surface area contributed by atoms with Crippen molar-refractivity contribution in [1.29, 1.82) is 0 Å². The Morgan fingerprint density at radius 2 is 1.95 bits per heavy atom. The van der Waals surface area contributed by atoms with E-state index >= 15 is 0 Å². The molecule has 0 aromatic heterocycles. The van der Waals surface area contributed by atoms with Crippen LogP contribution in [-0.4, -0.2) is 31.0 Å². The number of nitro benzene ring substituents is 1. The minimum Gasteiger partial charge on any atom is -0.310 e. The predicted molar refractivity (Wildman–Crippen MR) is 76.4 cm³/mol. The number of hydrogen-bond donors (Lipinski definition) is 1. The Morgan fingerprint density at radius 1 is 1.33 bits per heavy atom. The van der Waals surface area contributed by atoms with E-state index < -0.39 is 26.1 Å². The Morgan fingerprint density at radius 3 is 2.43 bits per heavy atom. The molecule has 1 aromatic carbocycles. The summed E-state index contributed by atoms with van der Waals surface area (Å²) in [6.45, 7) is 3.23. The zero-order valence-electron chi connectivity index (χ0n) is 11.6. The minimum atomic E-state index is -3.82. The molecule has 1 aliphatic heterocycles. The SMILES string of the molecule is Cc1cc(C)c([N+](=O)[O-])cc1N1CC(S(N)(=O)=O)CC1=O. The van der Waals surface area contributed by atoms with Gasteiger partial charge in [0, 0.05) is 24.6 Å². The number of nitrogens with zero attached hydrogens (tertiary/aromatic N) is 2. The molecule has 0 aliphatic carbocycles. The third-order valence-corrected chi connectivity index (χ3v) is 4.80. The molecule has 8 nitrogen and oxygen atoms in total. The molecule has 1 aromatic rings. The maximum absolute atomic E-state index is 12.0.